The van der Waals surface area contributed by atoms with Gasteiger partial charge in [-0.2, -0.15) is 0 Å². The van der Waals surface area contributed by atoms with Crippen LogP contribution in [0.3, 0.4) is 0 Å². The summed E-state index contributed by atoms with van der Waals surface area (Å²) in [6, 6.07) is -0.179. The summed E-state index contributed by atoms with van der Waals surface area (Å²) in [4.78, 5) is 35.4. The molecule has 1 saturated heterocycles. The molecule has 2 fully saturated rings. The Morgan fingerprint density at radius 1 is 1.19 bits per heavy atom. The number of likely N-dealkylation sites (tertiary alicyclic amines) is 1. The number of imide groups is 1. The second-order valence-corrected chi connectivity index (χ2v) is 4.51. The van der Waals surface area contributed by atoms with Gasteiger partial charge in [0.1, 0.15) is 0 Å². The van der Waals surface area contributed by atoms with E-state index in [0.29, 0.717) is 38.5 Å². The average Bonchev–Trinajstić information content (AvgIpc) is 2.66. The van der Waals surface area contributed by atoms with Crippen LogP contribution in [0.25, 0.3) is 0 Å². The maximum atomic E-state index is 11.6. The van der Waals surface area contributed by atoms with Gasteiger partial charge in [0, 0.05) is 18.9 Å². The Kier molecular flexibility index (Phi) is 2.94. The van der Waals surface area contributed by atoms with Gasteiger partial charge in [-0.3, -0.25) is 19.3 Å². The molecule has 2 amide bonds. The molecule has 1 aliphatic heterocycles. The molecule has 0 radical (unpaired) electrons. The molecule has 1 N–H and O–H groups in total. The maximum absolute atomic E-state index is 11.6. The minimum atomic E-state index is -0.820. The van der Waals surface area contributed by atoms with Crippen molar-refractivity contribution in [3.63, 3.8) is 0 Å². The number of nitrogens with zero attached hydrogens (tertiary/aromatic N) is 1. The zero-order valence-electron chi connectivity index (χ0n) is 9.02. The summed E-state index contributed by atoms with van der Waals surface area (Å²) >= 11 is 0. The Bertz CT molecular complexity index is 323. The molecule has 88 valence electrons. The van der Waals surface area contributed by atoms with Gasteiger partial charge >= 0.3 is 5.97 Å². The standard InChI is InChI=1S/C11H15NO4/c13-9-2-1-3-10(14)12(9)8-5-4-7(6-8)11(15)16/h7-8H,1-6H2,(H,15,16). The van der Waals surface area contributed by atoms with Gasteiger partial charge in [-0.25, -0.2) is 0 Å². The van der Waals surface area contributed by atoms with Gasteiger partial charge in [0.2, 0.25) is 11.8 Å². The molecule has 1 heterocycles. The predicted octanol–water partition coefficient (Wildman–Crippen LogP) is 0.779. The van der Waals surface area contributed by atoms with E-state index in [0.717, 1.165) is 0 Å². The topological polar surface area (TPSA) is 74.7 Å². The molecular formula is C11H15NO4. The van der Waals surface area contributed by atoms with E-state index < -0.39 is 11.9 Å². The van der Waals surface area contributed by atoms with Crippen molar-refractivity contribution in [3.8, 4) is 0 Å². The minimum Gasteiger partial charge on any atom is -0.481 e. The first-order valence-electron chi connectivity index (χ1n) is 5.67. The summed E-state index contributed by atoms with van der Waals surface area (Å²) in [7, 11) is 0. The fourth-order valence-corrected chi connectivity index (χ4v) is 2.59. The molecule has 2 rings (SSSR count). The van der Waals surface area contributed by atoms with Crippen molar-refractivity contribution in [2.75, 3.05) is 0 Å². The van der Waals surface area contributed by atoms with E-state index in [-0.39, 0.29) is 17.9 Å². The molecular weight excluding hydrogens is 210 g/mol. The van der Waals surface area contributed by atoms with Crippen molar-refractivity contribution >= 4 is 17.8 Å². The number of carboxylic acids is 1. The van der Waals surface area contributed by atoms with Crippen molar-refractivity contribution < 1.29 is 19.5 Å². The number of amides is 2. The summed E-state index contributed by atoms with van der Waals surface area (Å²) in [5.74, 6) is -1.48. The largest absolute Gasteiger partial charge is 0.481 e. The highest BCUT2D eigenvalue weighted by Crippen LogP contribution is 2.31. The molecule has 16 heavy (non-hydrogen) atoms. The van der Waals surface area contributed by atoms with E-state index in [9.17, 15) is 14.4 Å². The van der Waals surface area contributed by atoms with Crippen molar-refractivity contribution in [2.45, 2.75) is 44.6 Å². The average molecular weight is 225 g/mol. The molecule has 1 saturated carbocycles. The van der Waals surface area contributed by atoms with E-state index in [1.54, 1.807) is 0 Å². The van der Waals surface area contributed by atoms with Crippen molar-refractivity contribution in [1.29, 1.82) is 0 Å². The smallest absolute Gasteiger partial charge is 0.306 e. The summed E-state index contributed by atoms with van der Waals surface area (Å²) in [5.41, 5.74) is 0. The quantitative estimate of drug-likeness (QED) is 0.705. The van der Waals surface area contributed by atoms with Crippen molar-refractivity contribution in [1.82, 2.24) is 4.90 Å². The number of carboxylic acid groups (broad SMARTS) is 1. The van der Waals surface area contributed by atoms with Crippen LogP contribution >= 0.6 is 0 Å². The van der Waals surface area contributed by atoms with Gasteiger partial charge < -0.3 is 5.11 Å². The van der Waals surface area contributed by atoms with E-state index in [4.69, 9.17) is 5.11 Å². The van der Waals surface area contributed by atoms with Gasteiger partial charge in [0.05, 0.1) is 5.92 Å². The highest BCUT2D eigenvalue weighted by molar-refractivity contribution is 5.98. The second kappa shape index (κ2) is 4.23. The Hall–Kier alpha value is -1.39. The third-order valence-electron chi connectivity index (χ3n) is 3.44. The van der Waals surface area contributed by atoms with Crippen molar-refractivity contribution in [3.05, 3.63) is 0 Å². The Labute approximate surface area is 93.4 Å². The number of rotatable bonds is 2. The van der Waals surface area contributed by atoms with Crippen LogP contribution in [0, 0.1) is 5.92 Å². The normalized spacial score (nSPS) is 30.9. The third-order valence-corrected chi connectivity index (χ3v) is 3.44. The van der Waals surface area contributed by atoms with Gasteiger partial charge in [-0.15, -0.1) is 0 Å². The molecule has 2 unspecified atom stereocenters. The van der Waals surface area contributed by atoms with Gasteiger partial charge in [-0.1, -0.05) is 0 Å². The molecule has 5 heteroatoms. The predicted molar refractivity (Wildman–Crippen MR) is 54.5 cm³/mol. The fourth-order valence-electron chi connectivity index (χ4n) is 2.59. The third kappa shape index (κ3) is 1.94. The lowest BCUT2D eigenvalue weighted by atomic mass is 10.0. The zero-order valence-corrected chi connectivity index (χ0v) is 9.02. The number of carbonyl (C=O) groups excluding carboxylic acids is 2. The molecule has 0 aromatic heterocycles. The Morgan fingerprint density at radius 2 is 1.81 bits per heavy atom. The molecule has 5 nitrogen and oxygen atoms in total. The Morgan fingerprint density at radius 3 is 2.31 bits per heavy atom. The molecule has 2 atom stereocenters. The van der Waals surface area contributed by atoms with Crippen LogP contribution < -0.4 is 0 Å². The summed E-state index contributed by atoms with van der Waals surface area (Å²) in [6.45, 7) is 0. The first-order chi connectivity index (χ1) is 7.59. The van der Waals surface area contributed by atoms with E-state index in [1.807, 2.05) is 0 Å². The lowest BCUT2D eigenvalue weighted by Gasteiger charge is -2.30. The first-order valence-corrected chi connectivity index (χ1v) is 5.67. The lowest BCUT2D eigenvalue weighted by molar-refractivity contribution is -0.151. The van der Waals surface area contributed by atoms with E-state index in [1.165, 1.54) is 4.90 Å². The van der Waals surface area contributed by atoms with Crippen molar-refractivity contribution in [2.24, 2.45) is 5.92 Å². The highest BCUT2D eigenvalue weighted by atomic mass is 16.4. The first kappa shape index (κ1) is 11.1. The van der Waals surface area contributed by atoms with Crippen LogP contribution in [0.2, 0.25) is 0 Å². The summed E-state index contributed by atoms with van der Waals surface area (Å²) in [5, 5.41) is 8.87. The monoisotopic (exact) mass is 225 g/mol. The molecule has 0 bridgehead atoms. The summed E-state index contributed by atoms with van der Waals surface area (Å²) < 4.78 is 0. The van der Waals surface area contributed by atoms with E-state index in [2.05, 4.69) is 0 Å². The number of piperidine rings is 1. The fraction of sp³-hybridized carbons (Fsp3) is 0.727. The van der Waals surface area contributed by atoms with Gasteiger partial charge in [0.25, 0.3) is 0 Å². The minimum absolute atomic E-state index is 0.132. The van der Waals surface area contributed by atoms with Gasteiger partial charge in [0.15, 0.2) is 0 Å². The number of hydrogen-bond acceptors (Lipinski definition) is 3. The molecule has 0 spiro atoms. The molecule has 0 aromatic rings. The molecule has 0 aromatic carbocycles. The van der Waals surface area contributed by atoms with Crippen LogP contribution in [0.4, 0.5) is 0 Å². The lowest BCUT2D eigenvalue weighted by Crippen LogP contribution is -2.46. The Balaban J connectivity index is 2.05. The van der Waals surface area contributed by atoms with Crippen LogP contribution in [0.1, 0.15) is 38.5 Å². The van der Waals surface area contributed by atoms with Crippen LogP contribution in [-0.4, -0.2) is 33.8 Å². The molecule has 1 aliphatic carbocycles. The SMILES string of the molecule is O=C(O)C1CCC(N2C(=O)CCCC2=O)C1. The van der Waals surface area contributed by atoms with E-state index >= 15 is 0 Å². The van der Waals surface area contributed by atoms with Gasteiger partial charge in [-0.05, 0) is 25.7 Å². The van der Waals surface area contributed by atoms with Crippen LogP contribution in [0.5, 0.6) is 0 Å². The van der Waals surface area contributed by atoms with Crippen LogP contribution in [-0.2, 0) is 14.4 Å². The van der Waals surface area contributed by atoms with Crippen LogP contribution in [0.15, 0.2) is 0 Å². The molecule has 2 aliphatic rings. The summed E-state index contributed by atoms with van der Waals surface area (Å²) in [6.07, 6.45) is 3.08. The number of aliphatic carboxylic acids is 1. The number of hydrogen-bond donors (Lipinski definition) is 1. The highest BCUT2D eigenvalue weighted by Gasteiger charge is 2.39. The second-order valence-electron chi connectivity index (χ2n) is 4.51. The maximum Gasteiger partial charge on any atom is 0.306 e. The zero-order chi connectivity index (χ0) is 11.7. The number of carbonyl (C=O) groups is 3.